The van der Waals surface area contributed by atoms with Crippen molar-refractivity contribution in [2.75, 3.05) is 31.1 Å². The molecule has 1 aliphatic rings. The Kier molecular flexibility index (Phi) is 5.99. The van der Waals surface area contributed by atoms with Crippen LogP contribution in [0.3, 0.4) is 0 Å². The van der Waals surface area contributed by atoms with Crippen LogP contribution in [0.5, 0.6) is 0 Å². The van der Waals surface area contributed by atoms with Gasteiger partial charge in [0.2, 0.25) is 0 Å². The molecule has 0 bridgehead atoms. The summed E-state index contributed by atoms with van der Waals surface area (Å²) < 4.78 is 0. The zero-order valence-corrected chi connectivity index (χ0v) is 13.1. The van der Waals surface area contributed by atoms with Gasteiger partial charge in [0.15, 0.2) is 0 Å². The van der Waals surface area contributed by atoms with Crippen LogP contribution in [-0.4, -0.2) is 43.1 Å². The SMILES string of the molecule is CCCNC1CCN(c2ccnc(C(=O)NCC)c2)CC1. The fraction of sp³-hybridized carbons (Fsp3) is 0.625. The normalized spacial score (nSPS) is 16.0. The average Bonchev–Trinajstić information content (AvgIpc) is 2.54. The maximum Gasteiger partial charge on any atom is 0.269 e. The number of hydrogen-bond donors (Lipinski definition) is 2. The third-order valence-corrected chi connectivity index (χ3v) is 3.86. The first kappa shape index (κ1) is 15.8. The lowest BCUT2D eigenvalue weighted by atomic mass is 10.0. The molecular weight excluding hydrogens is 264 g/mol. The van der Waals surface area contributed by atoms with Gasteiger partial charge < -0.3 is 15.5 Å². The van der Waals surface area contributed by atoms with E-state index in [1.54, 1.807) is 6.20 Å². The summed E-state index contributed by atoms with van der Waals surface area (Å²) in [4.78, 5) is 18.3. The number of carbonyl (C=O) groups is 1. The molecule has 0 radical (unpaired) electrons. The monoisotopic (exact) mass is 290 g/mol. The largest absolute Gasteiger partial charge is 0.371 e. The van der Waals surface area contributed by atoms with E-state index in [2.05, 4.69) is 27.4 Å². The predicted octanol–water partition coefficient (Wildman–Crippen LogP) is 1.80. The number of carbonyl (C=O) groups excluding carboxylic acids is 1. The number of pyridine rings is 1. The lowest BCUT2D eigenvalue weighted by Gasteiger charge is -2.34. The Balaban J connectivity index is 1.94. The summed E-state index contributed by atoms with van der Waals surface area (Å²) in [6.07, 6.45) is 5.21. The van der Waals surface area contributed by atoms with E-state index in [4.69, 9.17) is 0 Å². The molecule has 2 heterocycles. The van der Waals surface area contributed by atoms with E-state index in [-0.39, 0.29) is 5.91 Å². The van der Waals surface area contributed by atoms with Crippen molar-refractivity contribution in [3.63, 3.8) is 0 Å². The zero-order chi connectivity index (χ0) is 15.1. The van der Waals surface area contributed by atoms with E-state index < -0.39 is 0 Å². The third kappa shape index (κ3) is 4.43. The van der Waals surface area contributed by atoms with Gasteiger partial charge in [-0.05, 0) is 44.9 Å². The highest BCUT2D eigenvalue weighted by atomic mass is 16.1. The van der Waals surface area contributed by atoms with Crippen molar-refractivity contribution in [3.8, 4) is 0 Å². The van der Waals surface area contributed by atoms with E-state index >= 15 is 0 Å². The fourth-order valence-electron chi connectivity index (χ4n) is 2.68. The molecule has 1 amide bonds. The maximum atomic E-state index is 11.8. The second-order valence-corrected chi connectivity index (χ2v) is 5.47. The van der Waals surface area contributed by atoms with Crippen LogP contribution in [0.2, 0.25) is 0 Å². The summed E-state index contributed by atoms with van der Waals surface area (Å²) >= 11 is 0. The minimum absolute atomic E-state index is 0.0983. The Bertz CT molecular complexity index is 455. The smallest absolute Gasteiger partial charge is 0.269 e. The number of amides is 1. The summed E-state index contributed by atoms with van der Waals surface area (Å²) in [5.41, 5.74) is 1.60. The van der Waals surface area contributed by atoms with Crippen LogP contribution in [0.25, 0.3) is 0 Å². The van der Waals surface area contributed by atoms with Gasteiger partial charge in [-0.15, -0.1) is 0 Å². The van der Waals surface area contributed by atoms with Crippen LogP contribution in [-0.2, 0) is 0 Å². The lowest BCUT2D eigenvalue weighted by Crippen LogP contribution is -2.42. The van der Waals surface area contributed by atoms with Gasteiger partial charge >= 0.3 is 0 Å². The van der Waals surface area contributed by atoms with Gasteiger partial charge in [-0.3, -0.25) is 9.78 Å². The first-order valence-electron chi connectivity index (χ1n) is 7.97. The Hall–Kier alpha value is -1.62. The Morgan fingerprint density at radius 2 is 2.14 bits per heavy atom. The van der Waals surface area contributed by atoms with Gasteiger partial charge in [0.25, 0.3) is 5.91 Å². The highest BCUT2D eigenvalue weighted by Gasteiger charge is 2.19. The summed E-state index contributed by atoms with van der Waals surface area (Å²) in [5, 5.41) is 6.38. The van der Waals surface area contributed by atoms with E-state index in [1.807, 2.05) is 19.1 Å². The van der Waals surface area contributed by atoms with Crippen LogP contribution in [0.4, 0.5) is 5.69 Å². The standard InChI is InChI=1S/C16H26N4O/c1-3-8-18-13-6-10-20(11-7-13)14-5-9-19-15(12-14)16(21)17-4-2/h5,9,12-13,18H,3-4,6-8,10-11H2,1-2H3,(H,17,21). The molecule has 1 aromatic rings. The fourth-order valence-corrected chi connectivity index (χ4v) is 2.68. The summed E-state index contributed by atoms with van der Waals surface area (Å²) in [7, 11) is 0. The number of hydrogen-bond acceptors (Lipinski definition) is 4. The molecule has 116 valence electrons. The van der Waals surface area contributed by atoms with Crippen LogP contribution >= 0.6 is 0 Å². The highest BCUT2D eigenvalue weighted by Crippen LogP contribution is 2.20. The molecule has 21 heavy (non-hydrogen) atoms. The topological polar surface area (TPSA) is 57.3 Å². The molecule has 1 saturated heterocycles. The molecule has 0 aromatic carbocycles. The second-order valence-electron chi connectivity index (χ2n) is 5.47. The third-order valence-electron chi connectivity index (χ3n) is 3.86. The molecule has 1 fully saturated rings. The van der Waals surface area contributed by atoms with Crippen molar-refractivity contribution in [2.24, 2.45) is 0 Å². The van der Waals surface area contributed by atoms with Gasteiger partial charge in [0.05, 0.1) is 0 Å². The molecule has 2 rings (SSSR count). The molecular formula is C16H26N4O. The van der Waals surface area contributed by atoms with E-state index in [1.165, 1.54) is 6.42 Å². The maximum absolute atomic E-state index is 11.8. The number of nitrogens with one attached hydrogen (secondary N) is 2. The van der Waals surface area contributed by atoms with Gasteiger partial charge in [-0.2, -0.15) is 0 Å². The predicted molar refractivity (Wildman–Crippen MR) is 85.8 cm³/mol. The quantitative estimate of drug-likeness (QED) is 0.839. The molecule has 5 heteroatoms. The zero-order valence-electron chi connectivity index (χ0n) is 13.1. The molecule has 0 atom stereocenters. The molecule has 0 aliphatic carbocycles. The van der Waals surface area contributed by atoms with Crippen LogP contribution in [0.1, 0.15) is 43.6 Å². The summed E-state index contributed by atoms with van der Waals surface area (Å²) in [5.74, 6) is -0.0983. The highest BCUT2D eigenvalue weighted by molar-refractivity contribution is 5.93. The minimum Gasteiger partial charge on any atom is -0.371 e. The van der Waals surface area contributed by atoms with Crippen molar-refractivity contribution < 1.29 is 4.79 Å². The first-order valence-corrected chi connectivity index (χ1v) is 7.97. The second kappa shape index (κ2) is 7.98. The van der Waals surface area contributed by atoms with Crippen LogP contribution in [0, 0.1) is 0 Å². The van der Waals surface area contributed by atoms with Gasteiger partial charge in [-0.25, -0.2) is 0 Å². The van der Waals surface area contributed by atoms with Gasteiger partial charge in [0, 0.05) is 37.6 Å². The van der Waals surface area contributed by atoms with Crippen molar-refractivity contribution in [3.05, 3.63) is 24.0 Å². The molecule has 5 nitrogen and oxygen atoms in total. The number of piperidine rings is 1. The Labute approximate surface area is 127 Å². The van der Waals surface area contributed by atoms with E-state index in [9.17, 15) is 4.79 Å². The van der Waals surface area contributed by atoms with Gasteiger partial charge in [-0.1, -0.05) is 6.92 Å². The summed E-state index contributed by atoms with van der Waals surface area (Å²) in [6.45, 7) is 7.89. The van der Waals surface area contributed by atoms with Crippen LogP contribution in [0.15, 0.2) is 18.3 Å². The van der Waals surface area contributed by atoms with Crippen LogP contribution < -0.4 is 15.5 Å². The Morgan fingerprint density at radius 3 is 2.81 bits per heavy atom. The number of nitrogens with zero attached hydrogens (tertiary/aromatic N) is 2. The molecule has 0 spiro atoms. The number of rotatable bonds is 6. The molecule has 0 saturated carbocycles. The van der Waals surface area contributed by atoms with Crippen molar-refractivity contribution in [2.45, 2.75) is 39.2 Å². The molecule has 0 unspecified atom stereocenters. The van der Waals surface area contributed by atoms with Gasteiger partial charge in [0.1, 0.15) is 5.69 Å². The Morgan fingerprint density at radius 1 is 1.38 bits per heavy atom. The van der Waals surface area contributed by atoms with E-state index in [0.29, 0.717) is 18.3 Å². The number of anilines is 1. The van der Waals surface area contributed by atoms with Crippen molar-refractivity contribution in [1.29, 1.82) is 0 Å². The minimum atomic E-state index is -0.0983. The summed E-state index contributed by atoms with van der Waals surface area (Å²) in [6, 6.07) is 4.51. The van der Waals surface area contributed by atoms with Crippen molar-refractivity contribution >= 4 is 11.6 Å². The molecule has 1 aromatic heterocycles. The van der Waals surface area contributed by atoms with E-state index in [0.717, 1.165) is 38.2 Å². The molecule has 2 N–H and O–H groups in total. The number of aromatic nitrogens is 1. The lowest BCUT2D eigenvalue weighted by molar-refractivity contribution is 0.0951. The average molecular weight is 290 g/mol. The molecule has 1 aliphatic heterocycles. The van der Waals surface area contributed by atoms with Crippen molar-refractivity contribution in [1.82, 2.24) is 15.6 Å². The first-order chi connectivity index (χ1) is 10.2.